The van der Waals surface area contributed by atoms with Crippen molar-refractivity contribution in [2.24, 2.45) is 0 Å². The summed E-state index contributed by atoms with van der Waals surface area (Å²) in [6.07, 6.45) is 0. The highest BCUT2D eigenvalue weighted by molar-refractivity contribution is 7.89. The predicted molar refractivity (Wildman–Crippen MR) is 106 cm³/mol. The van der Waals surface area contributed by atoms with E-state index in [4.69, 9.17) is 10.5 Å². The average molecular weight is 377 g/mol. The Labute approximate surface area is 156 Å². The van der Waals surface area contributed by atoms with Crippen LogP contribution in [0.1, 0.15) is 44.7 Å². The van der Waals surface area contributed by atoms with E-state index in [1.54, 1.807) is 12.1 Å². The monoisotopic (exact) mass is 376 g/mol. The summed E-state index contributed by atoms with van der Waals surface area (Å²) in [7, 11) is -3.54. The molecule has 0 atom stereocenters. The third kappa shape index (κ3) is 4.19. The summed E-state index contributed by atoms with van der Waals surface area (Å²) in [6, 6.07) is 10.7. The van der Waals surface area contributed by atoms with Crippen molar-refractivity contribution >= 4 is 15.7 Å². The molecule has 142 valence electrons. The largest absolute Gasteiger partial charge is 0.455 e. The van der Waals surface area contributed by atoms with Crippen molar-refractivity contribution < 1.29 is 13.2 Å². The van der Waals surface area contributed by atoms with Crippen LogP contribution in [0.4, 0.5) is 5.69 Å². The van der Waals surface area contributed by atoms with Gasteiger partial charge in [-0.15, -0.1) is 0 Å². The molecular weight excluding hydrogens is 348 g/mol. The zero-order valence-corrected chi connectivity index (χ0v) is 16.9. The van der Waals surface area contributed by atoms with Gasteiger partial charge in [0.2, 0.25) is 10.0 Å². The third-order valence-electron chi connectivity index (χ3n) is 4.34. The van der Waals surface area contributed by atoms with Crippen molar-refractivity contribution in [2.45, 2.75) is 45.4 Å². The molecule has 26 heavy (non-hydrogen) atoms. The van der Waals surface area contributed by atoms with E-state index in [-0.39, 0.29) is 4.90 Å². The second kappa shape index (κ2) is 8.10. The molecule has 2 aromatic carbocycles. The van der Waals surface area contributed by atoms with E-state index in [1.165, 1.54) is 10.4 Å². The summed E-state index contributed by atoms with van der Waals surface area (Å²) in [5.74, 6) is 1.50. The van der Waals surface area contributed by atoms with Gasteiger partial charge >= 0.3 is 0 Å². The first-order valence-electron chi connectivity index (χ1n) is 8.88. The number of sulfonamides is 1. The van der Waals surface area contributed by atoms with Crippen LogP contribution in [0.3, 0.4) is 0 Å². The smallest absolute Gasteiger partial charge is 0.243 e. The highest BCUT2D eigenvalue weighted by Crippen LogP contribution is 2.35. The van der Waals surface area contributed by atoms with Crippen LogP contribution in [-0.4, -0.2) is 25.8 Å². The number of nitrogen functional groups attached to an aromatic ring is 1. The van der Waals surface area contributed by atoms with Crippen molar-refractivity contribution in [3.63, 3.8) is 0 Å². The SMILES string of the molecule is CCN(CC)S(=O)(=O)c1ccc(Oc2cc(C)ccc2C(C)C)c(N)c1. The molecule has 0 saturated heterocycles. The molecular formula is C20H28N2O3S. The molecule has 0 aromatic heterocycles. The molecule has 0 unspecified atom stereocenters. The second-order valence-corrected chi connectivity index (χ2v) is 8.52. The molecule has 0 fully saturated rings. The van der Waals surface area contributed by atoms with Crippen LogP contribution in [0, 0.1) is 6.92 Å². The molecule has 0 bridgehead atoms. The van der Waals surface area contributed by atoms with Gasteiger partial charge in [-0.2, -0.15) is 4.31 Å². The Morgan fingerprint density at radius 3 is 2.23 bits per heavy atom. The standard InChI is InChI=1S/C20H28N2O3S/c1-6-22(7-2)26(23,24)16-9-11-19(18(21)13-16)25-20-12-15(5)8-10-17(20)14(3)4/h8-14H,6-7,21H2,1-5H3. The molecule has 0 saturated carbocycles. The van der Waals surface area contributed by atoms with Crippen LogP contribution in [0.15, 0.2) is 41.3 Å². The fourth-order valence-electron chi connectivity index (χ4n) is 2.82. The van der Waals surface area contributed by atoms with Gasteiger partial charge in [0.05, 0.1) is 10.6 Å². The minimum Gasteiger partial charge on any atom is -0.455 e. The minimum absolute atomic E-state index is 0.180. The van der Waals surface area contributed by atoms with E-state index < -0.39 is 10.0 Å². The molecule has 0 aliphatic rings. The summed E-state index contributed by atoms with van der Waals surface area (Å²) < 4.78 is 32.7. The molecule has 0 aliphatic carbocycles. The van der Waals surface area contributed by atoms with Gasteiger partial charge < -0.3 is 10.5 Å². The third-order valence-corrected chi connectivity index (χ3v) is 6.38. The van der Waals surface area contributed by atoms with E-state index in [2.05, 4.69) is 13.8 Å². The lowest BCUT2D eigenvalue weighted by atomic mass is 10.0. The van der Waals surface area contributed by atoms with Gasteiger partial charge in [0.15, 0.2) is 0 Å². The van der Waals surface area contributed by atoms with E-state index >= 15 is 0 Å². The normalized spacial score (nSPS) is 12.0. The lowest BCUT2D eigenvalue weighted by Gasteiger charge is -2.20. The van der Waals surface area contributed by atoms with Gasteiger partial charge in [0.25, 0.3) is 0 Å². The fraction of sp³-hybridized carbons (Fsp3) is 0.400. The quantitative estimate of drug-likeness (QED) is 0.721. The first kappa shape index (κ1) is 20.3. The van der Waals surface area contributed by atoms with Gasteiger partial charge in [-0.1, -0.05) is 39.8 Å². The van der Waals surface area contributed by atoms with Crippen LogP contribution in [-0.2, 0) is 10.0 Å². The van der Waals surface area contributed by atoms with E-state index in [1.807, 2.05) is 39.0 Å². The number of nitrogens with zero attached hydrogens (tertiary/aromatic N) is 1. The molecule has 0 aliphatic heterocycles. The first-order chi connectivity index (χ1) is 12.2. The van der Waals surface area contributed by atoms with Crippen LogP contribution < -0.4 is 10.5 Å². The Morgan fingerprint density at radius 1 is 1.04 bits per heavy atom. The Bertz CT molecular complexity index is 873. The maximum absolute atomic E-state index is 12.6. The number of hydrogen-bond acceptors (Lipinski definition) is 4. The molecule has 2 N–H and O–H groups in total. The zero-order chi connectivity index (χ0) is 19.5. The summed E-state index contributed by atoms with van der Waals surface area (Å²) in [5, 5.41) is 0. The number of nitrogens with two attached hydrogens (primary N) is 1. The topological polar surface area (TPSA) is 72.6 Å². The molecule has 6 heteroatoms. The molecule has 5 nitrogen and oxygen atoms in total. The van der Waals surface area contributed by atoms with Crippen molar-refractivity contribution in [1.29, 1.82) is 0 Å². The Morgan fingerprint density at radius 2 is 1.69 bits per heavy atom. The maximum Gasteiger partial charge on any atom is 0.243 e. The second-order valence-electron chi connectivity index (χ2n) is 6.59. The Hall–Kier alpha value is -2.05. The number of ether oxygens (including phenoxy) is 1. The van der Waals surface area contributed by atoms with Crippen molar-refractivity contribution in [3.05, 3.63) is 47.5 Å². The molecule has 0 amide bonds. The van der Waals surface area contributed by atoms with Gasteiger partial charge in [0.1, 0.15) is 11.5 Å². The van der Waals surface area contributed by atoms with Crippen LogP contribution in [0.25, 0.3) is 0 Å². The van der Waals surface area contributed by atoms with Crippen molar-refractivity contribution in [3.8, 4) is 11.5 Å². The van der Waals surface area contributed by atoms with Crippen LogP contribution >= 0.6 is 0 Å². The van der Waals surface area contributed by atoms with Crippen molar-refractivity contribution in [2.75, 3.05) is 18.8 Å². The highest BCUT2D eigenvalue weighted by Gasteiger charge is 2.22. The summed E-state index contributed by atoms with van der Waals surface area (Å²) in [6.45, 7) is 10.7. The molecule has 0 radical (unpaired) electrons. The van der Waals surface area contributed by atoms with Crippen molar-refractivity contribution in [1.82, 2.24) is 4.31 Å². The van der Waals surface area contributed by atoms with Gasteiger partial charge in [0, 0.05) is 13.1 Å². The van der Waals surface area contributed by atoms with Gasteiger partial charge in [-0.25, -0.2) is 8.42 Å². The van der Waals surface area contributed by atoms with Crippen LogP contribution in [0.2, 0.25) is 0 Å². The van der Waals surface area contributed by atoms with Gasteiger partial charge in [-0.05, 0) is 48.2 Å². The molecule has 0 heterocycles. The maximum atomic E-state index is 12.6. The lowest BCUT2D eigenvalue weighted by Crippen LogP contribution is -2.30. The van der Waals surface area contributed by atoms with Crippen LogP contribution in [0.5, 0.6) is 11.5 Å². The minimum atomic E-state index is -3.54. The highest BCUT2D eigenvalue weighted by atomic mass is 32.2. The number of aryl methyl sites for hydroxylation is 1. The number of rotatable bonds is 7. The van der Waals surface area contributed by atoms with E-state index in [0.717, 1.165) is 16.9 Å². The number of anilines is 1. The summed E-state index contributed by atoms with van der Waals surface area (Å²) >= 11 is 0. The number of hydrogen-bond donors (Lipinski definition) is 1. The van der Waals surface area contributed by atoms with Gasteiger partial charge in [-0.3, -0.25) is 0 Å². The summed E-state index contributed by atoms with van der Waals surface area (Å²) in [4.78, 5) is 0.180. The van der Waals surface area contributed by atoms with E-state index in [9.17, 15) is 8.42 Å². The molecule has 0 spiro atoms. The fourth-order valence-corrected chi connectivity index (χ4v) is 4.31. The zero-order valence-electron chi connectivity index (χ0n) is 16.1. The molecule has 2 rings (SSSR count). The Balaban J connectivity index is 2.39. The Kier molecular flexibility index (Phi) is 6.31. The average Bonchev–Trinajstić information content (AvgIpc) is 2.57. The first-order valence-corrected chi connectivity index (χ1v) is 10.3. The predicted octanol–water partition coefficient (Wildman–Crippen LogP) is 4.52. The number of benzene rings is 2. The lowest BCUT2D eigenvalue weighted by molar-refractivity contribution is 0.445. The van der Waals surface area contributed by atoms with E-state index in [0.29, 0.717) is 30.4 Å². The summed E-state index contributed by atoms with van der Waals surface area (Å²) in [5.41, 5.74) is 8.57. The molecule has 2 aromatic rings.